The van der Waals surface area contributed by atoms with Gasteiger partial charge in [-0.2, -0.15) is 0 Å². The summed E-state index contributed by atoms with van der Waals surface area (Å²) in [4.78, 5) is 27.3. The number of para-hydroxylation sites is 2. The Morgan fingerprint density at radius 1 is 0.938 bits per heavy atom. The van der Waals surface area contributed by atoms with Crippen molar-refractivity contribution in [2.45, 2.75) is 26.4 Å². The van der Waals surface area contributed by atoms with E-state index in [0.29, 0.717) is 29.2 Å². The maximum atomic E-state index is 12.7. The minimum absolute atomic E-state index is 0.104. The standard InChI is InChI=1S/C26H29N3O3/c1-18-9-5-6-10-21(18)17-29(3)19(2)25(30)27-22-15-13-20(14-16-22)26(31)28-23-11-7-8-12-24(23)32-4/h5-16,19H,17H2,1-4H3,(H,27,30)(H,28,31). The summed E-state index contributed by atoms with van der Waals surface area (Å²) in [5.41, 5.74) is 4.12. The Labute approximate surface area is 189 Å². The van der Waals surface area contributed by atoms with Gasteiger partial charge in [0.1, 0.15) is 5.75 Å². The number of hydrogen-bond donors (Lipinski definition) is 2. The number of hydrogen-bond acceptors (Lipinski definition) is 4. The van der Waals surface area contributed by atoms with Crippen molar-refractivity contribution in [1.29, 1.82) is 0 Å². The molecule has 1 unspecified atom stereocenters. The van der Waals surface area contributed by atoms with Gasteiger partial charge in [-0.05, 0) is 68.4 Å². The number of nitrogens with one attached hydrogen (secondary N) is 2. The molecule has 6 nitrogen and oxygen atoms in total. The molecule has 2 N–H and O–H groups in total. The third-order valence-electron chi connectivity index (χ3n) is 5.49. The number of aryl methyl sites for hydroxylation is 1. The summed E-state index contributed by atoms with van der Waals surface area (Å²) in [7, 11) is 3.49. The van der Waals surface area contributed by atoms with Crippen molar-refractivity contribution in [2.24, 2.45) is 0 Å². The van der Waals surface area contributed by atoms with Crippen molar-refractivity contribution < 1.29 is 14.3 Å². The largest absolute Gasteiger partial charge is 0.495 e. The average Bonchev–Trinajstić information content (AvgIpc) is 2.80. The molecule has 0 aromatic heterocycles. The highest BCUT2D eigenvalue weighted by Crippen LogP contribution is 2.24. The van der Waals surface area contributed by atoms with Crippen LogP contribution in [0.2, 0.25) is 0 Å². The summed E-state index contributed by atoms with van der Waals surface area (Å²) in [6.45, 7) is 4.63. The quantitative estimate of drug-likeness (QED) is 0.542. The average molecular weight is 432 g/mol. The Morgan fingerprint density at radius 3 is 2.28 bits per heavy atom. The van der Waals surface area contributed by atoms with E-state index in [9.17, 15) is 9.59 Å². The van der Waals surface area contributed by atoms with E-state index in [4.69, 9.17) is 4.74 Å². The SMILES string of the molecule is COc1ccccc1NC(=O)c1ccc(NC(=O)C(C)N(C)Cc2ccccc2C)cc1. The van der Waals surface area contributed by atoms with Crippen molar-refractivity contribution in [3.63, 3.8) is 0 Å². The molecule has 0 saturated carbocycles. The van der Waals surface area contributed by atoms with Crippen molar-refractivity contribution >= 4 is 23.2 Å². The molecule has 3 rings (SSSR count). The Hall–Kier alpha value is -3.64. The molecular formula is C26H29N3O3. The van der Waals surface area contributed by atoms with Gasteiger partial charge >= 0.3 is 0 Å². The topological polar surface area (TPSA) is 70.7 Å². The number of carbonyl (C=O) groups is 2. The van der Waals surface area contributed by atoms with Gasteiger partial charge in [0.15, 0.2) is 0 Å². The number of methoxy groups -OCH3 is 1. The Morgan fingerprint density at radius 2 is 1.59 bits per heavy atom. The van der Waals surface area contributed by atoms with Crippen molar-refractivity contribution in [1.82, 2.24) is 4.90 Å². The summed E-state index contributed by atoms with van der Waals surface area (Å²) in [5.74, 6) is 0.236. The van der Waals surface area contributed by atoms with Crippen LogP contribution in [0.25, 0.3) is 0 Å². The lowest BCUT2D eigenvalue weighted by Crippen LogP contribution is -2.39. The Bertz CT molecular complexity index is 1080. The maximum absolute atomic E-state index is 12.7. The third kappa shape index (κ3) is 5.74. The van der Waals surface area contributed by atoms with E-state index in [1.165, 1.54) is 11.1 Å². The summed E-state index contributed by atoms with van der Waals surface area (Å²) < 4.78 is 5.26. The van der Waals surface area contributed by atoms with Gasteiger partial charge < -0.3 is 15.4 Å². The van der Waals surface area contributed by atoms with Crippen molar-refractivity contribution in [3.05, 3.63) is 89.5 Å². The highest BCUT2D eigenvalue weighted by molar-refractivity contribution is 6.05. The number of rotatable bonds is 8. The lowest BCUT2D eigenvalue weighted by molar-refractivity contribution is -0.120. The lowest BCUT2D eigenvalue weighted by atomic mass is 10.1. The fraction of sp³-hybridized carbons (Fsp3) is 0.231. The van der Waals surface area contributed by atoms with Crippen LogP contribution in [0.5, 0.6) is 5.75 Å². The minimum Gasteiger partial charge on any atom is -0.495 e. The van der Waals surface area contributed by atoms with E-state index < -0.39 is 0 Å². The lowest BCUT2D eigenvalue weighted by Gasteiger charge is -2.24. The number of nitrogens with zero attached hydrogens (tertiary/aromatic N) is 1. The summed E-state index contributed by atoms with van der Waals surface area (Å²) in [5, 5.41) is 5.77. The molecule has 166 valence electrons. The van der Waals surface area contributed by atoms with Crippen LogP contribution in [0.1, 0.15) is 28.4 Å². The molecule has 0 aliphatic heterocycles. The highest BCUT2D eigenvalue weighted by atomic mass is 16.5. The molecular weight excluding hydrogens is 402 g/mol. The first kappa shape index (κ1) is 23.0. The summed E-state index contributed by atoms with van der Waals surface area (Å²) in [6, 6.07) is 21.9. The highest BCUT2D eigenvalue weighted by Gasteiger charge is 2.19. The van der Waals surface area contributed by atoms with E-state index in [1.807, 2.05) is 43.1 Å². The number of ether oxygens (including phenoxy) is 1. The zero-order chi connectivity index (χ0) is 23.1. The fourth-order valence-electron chi connectivity index (χ4n) is 3.29. The fourth-order valence-corrected chi connectivity index (χ4v) is 3.29. The van der Waals surface area contributed by atoms with Gasteiger partial charge in [0, 0.05) is 17.8 Å². The maximum Gasteiger partial charge on any atom is 0.255 e. The van der Waals surface area contributed by atoms with Gasteiger partial charge in [-0.1, -0.05) is 36.4 Å². The van der Waals surface area contributed by atoms with Crippen LogP contribution in [0, 0.1) is 6.92 Å². The van der Waals surface area contributed by atoms with E-state index in [-0.39, 0.29) is 17.9 Å². The van der Waals surface area contributed by atoms with Crippen LogP contribution >= 0.6 is 0 Å². The number of benzene rings is 3. The molecule has 3 aromatic rings. The van der Waals surface area contributed by atoms with Crippen molar-refractivity contribution in [2.75, 3.05) is 24.8 Å². The molecule has 32 heavy (non-hydrogen) atoms. The molecule has 1 atom stereocenters. The second-order valence-electron chi connectivity index (χ2n) is 7.74. The molecule has 3 aromatic carbocycles. The first-order valence-corrected chi connectivity index (χ1v) is 10.5. The molecule has 0 heterocycles. The Kier molecular flexibility index (Phi) is 7.63. The number of carbonyl (C=O) groups excluding carboxylic acids is 2. The summed E-state index contributed by atoms with van der Waals surface area (Å²) in [6.07, 6.45) is 0. The molecule has 0 radical (unpaired) electrons. The van der Waals surface area contributed by atoms with Gasteiger partial charge in [0.2, 0.25) is 5.91 Å². The zero-order valence-corrected chi connectivity index (χ0v) is 18.9. The van der Waals surface area contributed by atoms with Crippen LogP contribution in [0.15, 0.2) is 72.8 Å². The van der Waals surface area contributed by atoms with Gasteiger partial charge in [-0.25, -0.2) is 0 Å². The molecule has 0 aliphatic rings. The zero-order valence-electron chi connectivity index (χ0n) is 18.9. The van der Waals surface area contributed by atoms with Crippen LogP contribution < -0.4 is 15.4 Å². The van der Waals surface area contributed by atoms with Crippen LogP contribution in [0.4, 0.5) is 11.4 Å². The first-order chi connectivity index (χ1) is 15.4. The number of likely N-dealkylation sites (N-methyl/N-ethyl adjacent to an activating group) is 1. The molecule has 2 amide bonds. The Balaban J connectivity index is 1.59. The molecule has 0 fully saturated rings. The second kappa shape index (κ2) is 10.6. The normalized spacial score (nSPS) is 11.7. The molecule has 0 aliphatic carbocycles. The predicted molar refractivity (Wildman–Crippen MR) is 128 cm³/mol. The van der Waals surface area contributed by atoms with Crippen LogP contribution in [-0.2, 0) is 11.3 Å². The van der Waals surface area contributed by atoms with Gasteiger partial charge in [-0.3, -0.25) is 14.5 Å². The molecule has 0 saturated heterocycles. The van der Waals surface area contributed by atoms with Gasteiger partial charge in [-0.15, -0.1) is 0 Å². The van der Waals surface area contributed by atoms with Crippen LogP contribution in [0.3, 0.4) is 0 Å². The van der Waals surface area contributed by atoms with Gasteiger partial charge in [0.05, 0.1) is 18.8 Å². The number of anilines is 2. The van der Waals surface area contributed by atoms with Crippen LogP contribution in [-0.4, -0.2) is 36.9 Å². The first-order valence-electron chi connectivity index (χ1n) is 10.5. The van der Waals surface area contributed by atoms with Gasteiger partial charge in [0.25, 0.3) is 5.91 Å². The van der Waals surface area contributed by atoms with E-state index in [1.54, 1.807) is 43.5 Å². The number of amides is 2. The molecule has 0 bridgehead atoms. The summed E-state index contributed by atoms with van der Waals surface area (Å²) >= 11 is 0. The molecule has 0 spiro atoms. The van der Waals surface area contributed by atoms with E-state index in [0.717, 1.165) is 0 Å². The second-order valence-corrected chi connectivity index (χ2v) is 7.74. The smallest absolute Gasteiger partial charge is 0.255 e. The predicted octanol–water partition coefficient (Wildman–Crippen LogP) is 4.71. The van der Waals surface area contributed by atoms with Crippen molar-refractivity contribution in [3.8, 4) is 5.75 Å². The minimum atomic E-state index is -0.317. The third-order valence-corrected chi connectivity index (χ3v) is 5.49. The van der Waals surface area contributed by atoms with E-state index in [2.05, 4.69) is 29.7 Å². The van der Waals surface area contributed by atoms with E-state index >= 15 is 0 Å². The molecule has 6 heteroatoms. The monoisotopic (exact) mass is 431 g/mol.